The van der Waals surface area contributed by atoms with Crippen molar-refractivity contribution in [3.63, 3.8) is 0 Å². The minimum Gasteiger partial charge on any atom is -0.393 e. The Morgan fingerprint density at radius 1 is 1.23 bits per heavy atom. The van der Waals surface area contributed by atoms with Crippen molar-refractivity contribution in [1.82, 2.24) is 9.24 Å². The number of fused-ring (bicyclic) bond motifs is 1. The number of nitrogens with two attached hydrogens (primary N) is 1. The van der Waals surface area contributed by atoms with Gasteiger partial charge in [-0.1, -0.05) is 0 Å². The topological polar surface area (TPSA) is 114 Å². The van der Waals surface area contributed by atoms with Gasteiger partial charge in [0.1, 0.15) is 0 Å². The van der Waals surface area contributed by atoms with Crippen molar-refractivity contribution in [2.45, 2.75) is 44.2 Å². The van der Waals surface area contributed by atoms with Crippen LogP contribution >= 0.6 is 0 Å². The Labute approximate surface area is 150 Å². The summed E-state index contributed by atoms with van der Waals surface area (Å²) in [6.45, 7) is 2.88. The van der Waals surface area contributed by atoms with E-state index in [4.69, 9.17) is 5.84 Å². The molecule has 0 atom stereocenters. The summed E-state index contributed by atoms with van der Waals surface area (Å²) in [6.07, 6.45) is 2.76. The average Bonchev–Trinajstić information content (AvgIpc) is 3.47. The predicted octanol–water partition coefficient (Wildman–Crippen LogP) is -0.156. The van der Waals surface area contributed by atoms with Gasteiger partial charge in [0.2, 0.25) is 0 Å². The quantitative estimate of drug-likeness (QED) is 0.656. The minimum absolute atomic E-state index is 0.0928. The van der Waals surface area contributed by atoms with E-state index in [1.807, 2.05) is 13.0 Å². The Morgan fingerprint density at radius 3 is 2.46 bits per heavy atom. The van der Waals surface area contributed by atoms with Crippen molar-refractivity contribution in [3.8, 4) is 0 Å². The van der Waals surface area contributed by atoms with Crippen LogP contribution in [0.1, 0.15) is 37.3 Å². The van der Waals surface area contributed by atoms with E-state index in [0.29, 0.717) is 41.5 Å². The third-order valence-electron chi connectivity index (χ3n) is 5.75. The molecule has 140 valence electrons. The van der Waals surface area contributed by atoms with E-state index < -0.39 is 16.9 Å². The number of rotatable bonds is 3. The third-order valence-corrected chi connectivity index (χ3v) is 5.75. The molecule has 1 aliphatic heterocycles. The third kappa shape index (κ3) is 2.52. The van der Waals surface area contributed by atoms with Crippen molar-refractivity contribution in [2.75, 3.05) is 30.4 Å². The number of aliphatic hydroxyl groups is 2. The molecule has 4 rings (SSSR count). The second-order valence-electron chi connectivity index (χ2n) is 7.53. The summed E-state index contributed by atoms with van der Waals surface area (Å²) in [6, 6.07) is 3.70. The first-order chi connectivity index (χ1) is 12.4. The number of aryl methyl sites for hydroxylation is 1. The fourth-order valence-electron chi connectivity index (χ4n) is 3.94. The molecule has 0 spiro atoms. The molecule has 1 saturated heterocycles. The Morgan fingerprint density at radius 2 is 1.88 bits per heavy atom. The Hall–Kier alpha value is -2.32. The van der Waals surface area contributed by atoms with Gasteiger partial charge in [0.05, 0.1) is 23.1 Å². The maximum absolute atomic E-state index is 12.6. The van der Waals surface area contributed by atoms with Crippen molar-refractivity contribution in [3.05, 3.63) is 38.5 Å². The molecule has 1 aliphatic carbocycles. The Kier molecular flexibility index (Phi) is 3.85. The zero-order chi connectivity index (χ0) is 18.6. The van der Waals surface area contributed by atoms with E-state index in [1.165, 1.54) is 0 Å². The summed E-state index contributed by atoms with van der Waals surface area (Å²) in [4.78, 5) is 27.2. The van der Waals surface area contributed by atoms with Gasteiger partial charge in [-0.25, -0.2) is 4.79 Å². The van der Waals surface area contributed by atoms with Gasteiger partial charge >= 0.3 is 5.69 Å². The molecular weight excluding hydrogens is 336 g/mol. The smallest absolute Gasteiger partial charge is 0.350 e. The molecule has 0 unspecified atom stereocenters. The molecule has 2 heterocycles. The van der Waals surface area contributed by atoms with Crippen LogP contribution in [-0.2, 0) is 0 Å². The first kappa shape index (κ1) is 17.1. The lowest BCUT2D eigenvalue weighted by atomic mass is 9.91. The molecular formula is C18H24N4O4. The lowest BCUT2D eigenvalue weighted by Crippen LogP contribution is -2.47. The molecule has 1 aromatic carbocycles. The molecule has 2 aliphatic rings. The molecule has 4 N–H and O–H groups in total. The van der Waals surface area contributed by atoms with Crippen LogP contribution < -0.4 is 22.0 Å². The van der Waals surface area contributed by atoms with Crippen molar-refractivity contribution >= 4 is 16.6 Å². The number of hydrogen-bond acceptors (Lipinski definition) is 6. The summed E-state index contributed by atoms with van der Waals surface area (Å²) >= 11 is 0. The van der Waals surface area contributed by atoms with Gasteiger partial charge in [-0.05, 0) is 50.3 Å². The maximum atomic E-state index is 12.6. The van der Waals surface area contributed by atoms with Crippen LogP contribution in [-0.4, -0.2) is 44.8 Å². The molecule has 0 bridgehead atoms. The van der Waals surface area contributed by atoms with Gasteiger partial charge < -0.3 is 21.0 Å². The normalized spacial score (nSPS) is 19.9. The lowest BCUT2D eigenvalue weighted by molar-refractivity contribution is -0.0325. The van der Waals surface area contributed by atoms with E-state index in [0.717, 1.165) is 24.1 Å². The zero-order valence-electron chi connectivity index (χ0n) is 14.8. The number of piperidine rings is 1. The molecule has 8 heteroatoms. The summed E-state index contributed by atoms with van der Waals surface area (Å²) in [5.74, 6) is 5.70. The fourth-order valence-corrected chi connectivity index (χ4v) is 3.94. The van der Waals surface area contributed by atoms with Gasteiger partial charge in [-0.2, -0.15) is 4.68 Å². The van der Waals surface area contributed by atoms with Crippen LogP contribution in [0.4, 0.5) is 5.69 Å². The molecule has 2 aromatic rings. The summed E-state index contributed by atoms with van der Waals surface area (Å²) in [5.41, 5.74) is 0.497. The summed E-state index contributed by atoms with van der Waals surface area (Å²) < 4.78 is 2.35. The monoisotopic (exact) mass is 360 g/mol. The van der Waals surface area contributed by atoms with Gasteiger partial charge in [0.25, 0.3) is 5.56 Å². The first-order valence-electron chi connectivity index (χ1n) is 9.00. The summed E-state index contributed by atoms with van der Waals surface area (Å²) in [5, 5.41) is 20.0. The molecule has 2 fully saturated rings. The average molecular weight is 360 g/mol. The molecule has 8 nitrogen and oxygen atoms in total. The maximum Gasteiger partial charge on any atom is 0.350 e. The Balaban J connectivity index is 1.85. The van der Waals surface area contributed by atoms with E-state index in [9.17, 15) is 19.8 Å². The molecule has 0 radical (unpaired) electrons. The van der Waals surface area contributed by atoms with Gasteiger partial charge in [-0.3, -0.25) is 9.36 Å². The largest absolute Gasteiger partial charge is 0.393 e. The van der Waals surface area contributed by atoms with Crippen LogP contribution in [0, 0.1) is 6.92 Å². The second-order valence-corrected chi connectivity index (χ2v) is 7.53. The van der Waals surface area contributed by atoms with Crippen LogP contribution in [0.25, 0.3) is 10.9 Å². The van der Waals surface area contributed by atoms with E-state index in [1.54, 1.807) is 10.6 Å². The highest BCUT2D eigenvalue weighted by molar-refractivity contribution is 5.87. The summed E-state index contributed by atoms with van der Waals surface area (Å²) in [7, 11) is 0. The minimum atomic E-state index is -1.02. The van der Waals surface area contributed by atoms with Crippen molar-refractivity contribution < 1.29 is 10.2 Å². The number of benzene rings is 1. The SMILES string of the molecule is Cc1c(N2CCC(O)(CO)CC2)ccc2c(=O)n(N)c(=O)n(C3CC3)c12. The highest BCUT2D eigenvalue weighted by Gasteiger charge is 2.33. The van der Waals surface area contributed by atoms with Crippen molar-refractivity contribution in [1.29, 1.82) is 0 Å². The highest BCUT2D eigenvalue weighted by Crippen LogP contribution is 2.38. The van der Waals surface area contributed by atoms with Crippen LogP contribution in [0.3, 0.4) is 0 Å². The number of nitrogen functional groups attached to an aromatic ring is 1. The van der Waals surface area contributed by atoms with Crippen LogP contribution in [0.5, 0.6) is 0 Å². The second kappa shape index (κ2) is 5.85. The zero-order valence-corrected chi connectivity index (χ0v) is 14.8. The molecule has 26 heavy (non-hydrogen) atoms. The predicted molar refractivity (Wildman–Crippen MR) is 99.1 cm³/mol. The van der Waals surface area contributed by atoms with Gasteiger partial charge in [0.15, 0.2) is 0 Å². The first-order valence-corrected chi connectivity index (χ1v) is 9.00. The number of aromatic nitrogens is 2. The Bertz CT molecular complexity index is 981. The number of nitrogens with zero attached hydrogens (tertiary/aromatic N) is 3. The van der Waals surface area contributed by atoms with E-state index in [2.05, 4.69) is 4.90 Å². The van der Waals surface area contributed by atoms with E-state index in [-0.39, 0.29) is 12.6 Å². The molecule has 0 amide bonds. The number of hydrogen-bond donors (Lipinski definition) is 3. The lowest BCUT2D eigenvalue weighted by Gasteiger charge is -2.39. The standard InChI is InChI=1S/C18H24N4O4/c1-11-14(20-8-6-18(26,10-23)7-9-20)5-4-13-15(11)21(12-2-3-12)17(25)22(19)16(13)24/h4-5,12,23,26H,2-3,6-10,19H2,1H3. The van der Waals surface area contributed by atoms with Gasteiger partial charge in [-0.15, -0.1) is 0 Å². The van der Waals surface area contributed by atoms with Gasteiger partial charge in [0, 0.05) is 24.8 Å². The number of aliphatic hydroxyl groups excluding tert-OH is 1. The van der Waals surface area contributed by atoms with Crippen LogP contribution in [0.2, 0.25) is 0 Å². The van der Waals surface area contributed by atoms with E-state index >= 15 is 0 Å². The molecule has 1 saturated carbocycles. The fraction of sp³-hybridized carbons (Fsp3) is 0.556. The van der Waals surface area contributed by atoms with Crippen molar-refractivity contribution in [2.24, 2.45) is 0 Å². The van der Waals surface area contributed by atoms with Crippen LogP contribution in [0.15, 0.2) is 21.7 Å². The number of anilines is 1. The highest BCUT2D eigenvalue weighted by atomic mass is 16.3. The molecule has 1 aromatic heterocycles.